The third kappa shape index (κ3) is 2.58. The molecule has 2 amide bonds. The molecule has 0 saturated carbocycles. The second-order valence-electron chi connectivity index (χ2n) is 5.13. The fourth-order valence-corrected chi connectivity index (χ4v) is 2.71. The minimum Gasteiger partial charge on any atom is -0.347 e. The Hall–Kier alpha value is -2.44. The maximum absolute atomic E-state index is 12.2. The lowest BCUT2D eigenvalue weighted by Gasteiger charge is -2.22. The Labute approximate surface area is 122 Å². The van der Waals surface area contributed by atoms with Crippen LogP contribution in [0.1, 0.15) is 25.6 Å². The van der Waals surface area contributed by atoms with Crippen LogP contribution in [-0.4, -0.2) is 43.9 Å². The van der Waals surface area contributed by atoms with Crippen molar-refractivity contribution >= 4 is 17.5 Å². The summed E-state index contributed by atoms with van der Waals surface area (Å²) in [4.78, 5) is 25.3. The molecule has 0 unspecified atom stereocenters. The number of carbonyl (C=O) groups excluding carboxylic acids is 2. The minimum atomic E-state index is -0.360. The molecule has 110 valence electrons. The van der Waals surface area contributed by atoms with Crippen molar-refractivity contribution < 1.29 is 9.59 Å². The van der Waals surface area contributed by atoms with Crippen LogP contribution in [0.3, 0.4) is 0 Å². The summed E-state index contributed by atoms with van der Waals surface area (Å²) >= 11 is 0. The van der Waals surface area contributed by atoms with E-state index in [4.69, 9.17) is 0 Å². The van der Waals surface area contributed by atoms with Gasteiger partial charge in [-0.3, -0.25) is 14.0 Å². The van der Waals surface area contributed by atoms with Crippen LogP contribution in [0.5, 0.6) is 0 Å². The van der Waals surface area contributed by atoms with E-state index in [-0.39, 0.29) is 17.9 Å². The van der Waals surface area contributed by atoms with E-state index in [1.54, 1.807) is 4.90 Å². The summed E-state index contributed by atoms with van der Waals surface area (Å²) in [7, 11) is 0. The number of amides is 2. The summed E-state index contributed by atoms with van der Waals surface area (Å²) < 4.78 is 1.83. The van der Waals surface area contributed by atoms with Crippen molar-refractivity contribution in [1.29, 1.82) is 0 Å². The lowest BCUT2D eigenvalue weighted by Crippen LogP contribution is -2.45. The summed E-state index contributed by atoms with van der Waals surface area (Å²) in [5, 5.41) is 10.9. The number of fused-ring (bicyclic) bond motifs is 1. The first-order chi connectivity index (χ1) is 10.2. The lowest BCUT2D eigenvalue weighted by molar-refractivity contribution is -0.136. The third-order valence-corrected chi connectivity index (χ3v) is 3.76. The van der Waals surface area contributed by atoms with Crippen molar-refractivity contribution in [3.63, 3.8) is 0 Å². The highest BCUT2D eigenvalue weighted by Crippen LogP contribution is 2.17. The van der Waals surface area contributed by atoms with Gasteiger partial charge in [0.25, 0.3) is 0 Å². The van der Waals surface area contributed by atoms with Crippen LogP contribution in [0.15, 0.2) is 24.4 Å². The van der Waals surface area contributed by atoms with Crippen molar-refractivity contribution in [3.8, 4) is 0 Å². The van der Waals surface area contributed by atoms with E-state index in [0.29, 0.717) is 25.3 Å². The highest BCUT2D eigenvalue weighted by molar-refractivity contribution is 5.87. The zero-order chi connectivity index (χ0) is 14.8. The van der Waals surface area contributed by atoms with Gasteiger partial charge in [-0.05, 0) is 25.0 Å². The molecule has 21 heavy (non-hydrogen) atoms. The quantitative estimate of drug-likeness (QED) is 0.883. The Balaban J connectivity index is 1.67. The first kappa shape index (κ1) is 13.5. The topological polar surface area (TPSA) is 79.6 Å². The number of nitrogens with one attached hydrogen (secondary N) is 1. The number of hydrogen-bond donors (Lipinski definition) is 1. The molecular formula is C14H17N5O2. The SMILES string of the molecule is CC(=O)N1CCC[C@H]1C(=O)NCc1nnc2ccccn12. The van der Waals surface area contributed by atoms with E-state index >= 15 is 0 Å². The molecule has 2 aromatic heterocycles. The van der Waals surface area contributed by atoms with E-state index in [1.165, 1.54) is 6.92 Å². The maximum Gasteiger partial charge on any atom is 0.243 e. The largest absolute Gasteiger partial charge is 0.347 e. The van der Waals surface area contributed by atoms with E-state index in [2.05, 4.69) is 15.5 Å². The van der Waals surface area contributed by atoms with Gasteiger partial charge in [0, 0.05) is 19.7 Å². The summed E-state index contributed by atoms with van der Waals surface area (Å²) in [6.45, 7) is 2.45. The molecule has 7 heteroatoms. The van der Waals surface area contributed by atoms with Gasteiger partial charge in [0.2, 0.25) is 11.8 Å². The van der Waals surface area contributed by atoms with Crippen LogP contribution in [-0.2, 0) is 16.1 Å². The first-order valence-corrected chi connectivity index (χ1v) is 7.00. The summed E-state index contributed by atoms with van der Waals surface area (Å²) in [6.07, 6.45) is 3.44. The first-order valence-electron chi connectivity index (χ1n) is 7.00. The number of likely N-dealkylation sites (tertiary alicyclic amines) is 1. The van der Waals surface area contributed by atoms with Crippen molar-refractivity contribution in [1.82, 2.24) is 24.8 Å². The Morgan fingerprint density at radius 2 is 2.24 bits per heavy atom. The molecule has 2 aromatic rings. The van der Waals surface area contributed by atoms with Gasteiger partial charge < -0.3 is 10.2 Å². The van der Waals surface area contributed by atoms with Crippen LogP contribution in [0.25, 0.3) is 5.65 Å². The predicted molar refractivity (Wildman–Crippen MR) is 75.2 cm³/mol. The van der Waals surface area contributed by atoms with Crippen LogP contribution in [0.4, 0.5) is 0 Å². The molecule has 3 heterocycles. The third-order valence-electron chi connectivity index (χ3n) is 3.76. The Bertz CT molecular complexity index is 681. The molecule has 1 saturated heterocycles. The fraction of sp³-hybridized carbons (Fsp3) is 0.429. The number of hydrogen-bond acceptors (Lipinski definition) is 4. The molecule has 3 rings (SSSR count). The number of rotatable bonds is 3. The molecule has 1 atom stereocenters. The molecule has 1 N–H and O–H groups in total. The van der Waals surface area contributed by atoms with Crippen molar-refractivity contribution in [3.05, 3.63) is 30.2 Å². The van der Waals surface area contributed by atoms with Crippen molar-refractivity contribution in [2.45, 2.75) is 32.4 Å². The van der Waals surface area contributed by atoms with Crippen molar-refractivity contribution in [2.75, 3.05) is 6.54 Å². The van der Waals surface area contributed by atoms with Gasteiger partial charge in [0.15, 0.2) is 11.5 Å². The number of nitrogens with zero attached hydrogens (tertiary/aromatic N) is 4. The van der Waals surface area contributed by atoms with E-state index < -0.39 is 0 Å². The van der Waals surface area contributed by atoms with Crippen LogP contribution in [0.2, 0.25) is 0 Å². The van der Waals surface area contributed by atoms with E-state index in [1.807, 2.05) is 28.8 Å². The number of aromatic nitrogens is 3. The molecule has 0 radical (unpaired) electrons. The highest BCUT2D eigenvalue weighted by Gasteiger charge is 2.32. The van der Waals surface area contributed by atoms with Gasteiger partial charge in [0.1, 0.15) is 6.04 Å². The fourth-order valence-electron chi connectivity index (χ4n) is 2.71. The van der Waals surface area contributed by atoms with Gasteiger partial charge in [-0.1, -0.05) is 6.07 Å². The average molecular weight is 287 g/mol. The zero-order valence-electron chi connectivity index (χ0n) is 11.8. The highest BCUT2D eigenvalue weighted by atomic mass is 16.2. The molecule has 0 bridgehead atoms. The van der Waals surface area contributed by atoms with Gasteiger partial charge in [0.05, 0.1) is 6.54 Å². The maximum atomic E-state index is 12.2. The minimum absolute atomic E-state index is 0.0550. The molecule has 1 aliphatic heterocycles. The Morgan fingerprint density at radius 1 is 1.38 bits per heavy atom. The van der Waals surface area contributed by atoms with E-state index in [9.17, 15) is 9.59 Å². The van der Waals surface area contributed by atoms with Crippen LogP contribution < -0.4 is 5.32 Å². The lowest BCUT2D eigenvalue weighted by atomic mass is 10.2. The molecule has 0 aromatic carbocycles. The zero-order valence-corrected chi connectivity index (χ0v) is 11.8. The number of pyridine rings is 1. The smallest absolute Gasteiger partial charge is 0.243 e. The average Bonchev–Trinajstić information content (AvgIpc) is 3.12. The van der Waals surface area contributed by atoms with Crippen LogP contribution >= 0.6 is 0 Å². The van der Waals surface area contributed by atoms with Gasteiger partial charge in [-0.15, -0.1) is 10.2 Å². The Kier molecular flexibility index (Phi) is 3.55. The second kappa shape index (κ2) is 5.51. The standard InChI is InChI=1S/C14H17N5O2/c1-10(20)18-8-4-5-11(18)14(21)15-9-13-17-16-12-6-2-3-7-19(12)13/h2-3,6-7,11H,4-5,8-9H2,1H3,(H,15,21)/t11-/m0/s1. The molecule has 1 aliphatic rings. The second-order valence-corrected chi connectivity index (χ2v) is 5.13. The van der Waals surface area contributed by atoms with Gasteiger partial charge in [-0.25, -0.2) is 0 Å². The number of carbonyl (C=O) groups is 2. The molecule has 0 aliphatic carbocycles. The van der Waals surface area contributed by atoms with Crippen LogP contribution in [0, 0.1) is 0 Å². The normalized spacial score (nSPS) is 18.1. The summed E-state index contributed by atoms with van der Waals surface area (Å²) in [5.74, 6) is 0.488. The monoisotopic (exact) mass is 287 g/mol. The van der Waals surface area contributed by atoms with Crippen molar-refractivity contribution in [2.24, 2.45) is 0 Å². The van der Waals surface area contributed by atoms with E-state index in [0.717, 1.165) is 12.1 Å². The molecule has 0 spiro atoms. The van der Waals surface area contributed by atoms with Gasteiger partial charge in [-0.2, -0.15) is 0 Å². The molecule has 7 nitrogen and oxygen atoms in total. The Morgan fingerprint density at radius 3 is 3.05 bits per heavy atom. The molecule has 1 fully saturated rings. The summed E-state index contributed by atoms with van der Waals surface area (Å²) in [6, 6.07) is 5.26. The summed E-state index contributed by atoms with van der Waals surface area (Å²) in [5.41, 5.74) is 0.743. The molecular weight excluding hydrogens is 270 g/mol. The van der Waals surface area contributed by atoms with Gasteiger partial charge >= 0.3 is 0 Å². The predicted octanol–water partition coefficient (Wildman–Crippen LogP) is 0.356.